The minimum atomic E-state index is -0.0725. The molecule has 1 N–H and O–H groups in total. The number of halogens is 1. The van der Waals surface area contributed by atoms with E-state index in [0.717, 1.165) is 33.8 Å². The van der Waals surface area contributed by atoms with Gasteiger partial charge < -0.3 is 10.1 Å². The van der Waals surface area contributed by atoms with Crippen LogP contribution < -0.4 is 5.32 Å². The third-order valence-corrected chi connectivity index (χ3v) is 4.54. The molecule has 1 aromatic carbocycles. The van der Waals surface area contributed by atoms with Gasteiger partial charge in [-0.05, 0) is 47.8 Å². The molecule has 0 unspecified atom stereocenters. The van der Waals surface area contributed by atoms with E-state index in [2.05, 4.69) is 26.2 Å². The topological polar surface area (TPSA) is 51.2 Å². The second-order valence-corrected chi connectivity index (χ2v) is 6.14. The average molecular weight is 349 g/mol. The lowest BCUT2D eigenvalue weighted by Gasteiger charge is -2.35. The summed E-state index contributed by atoms with van der Waals surface area (Å²) in [6.45, 7) is 2.29. The van der Waals surface area contributed by atoms with E-state index < -0.39 is 0 Å². The van der Waals surface area contributed by atoms with Crippen molar-refractivity contribution >= 4 is 38.4 Å². The molecule has 1 fully saturated rings. The molecule has 0 aliphatic heterocycles. The van der Waals surface area contributed by atoms with Gasteiger partial charge >= 0.3 is 5.97 Å². The molecule has 1 aromatic heterocycles. The third kappa shape index (κ3) is 2.88. The van der Waals surface area contributed by atoms with Crippen LogP contribution in [0.25, 0.3) is 10.8 Å². The summed E-state index contributed by atoms with van der Waals surface area (Å²) in [5, 5.41) is 5.77. The normalized spacial score (nSPS) is 20.9. The lowest BCUT2D eigenvalue weighted by Crippen LogP contribution is -2.40. The average Bonchev–Trinajstić information content (AvgIpc) is 2.44. The van der Waals surface area contributed by atoms with Gasteiger partial charge in [0.1, 0.15) is 0 Å². The number of nitrogens with one attached hydrogen (secondary N) is 1. The first-order valence-electron chi connectivity index (χ1n) is 7.14. The molecule has 5 heteroatoms. The molecule has 0 bridgehead atoms. The van der Waals surface area contributed by atoms with Gasteiger partial charge in [-0.1, -0.05) is 6.07 Å². The molecule has 2 aromatic rings. The molecule has 0 radical (unpaired) electrons. The molecule has 3 rings (SSSR count). The minimum absolute atomic E-state index is 0.0397. The predicted molar refractivity (Wildman–Crippen MR) is 86.2 cm³/mol. The van der Waals surface area contributed by atoms with Crippen LogP contribution >= 0.6 is 15.9 Å². The summed E-state index contributed by atoms with van der Waals surface area (Å²) in [6.07, 6.45) is 5.30. The quantitative estimate of drug-likeness (QED) is 0.855. The first-order valence-corrected chi connectivity index (χ1v) is 7.93. The zero-order valence-electron chi connectivity index (χ0n) is 11.8. The fraction of sp³-hybridized carbons (Fsp3) is 0.375. The maximum atomic E-state index is 11.6. The maximum absolute atomic E-state index is 11.6. The molecule has 1 aliphatic rings. The number of carbonyl (C=O) groups excluding carboxylic acids is 1. The number of ether oxygens (including phenoxy) is 1. The lowest BCUT2D eigenvalue weighted by molar-refractivity contribution is -0.151. The van der Waals surface area contributed by atoms with Gasteiger partial charge in [0, 0.05) is 33.7 Å². The standard InChI is InChI=1S/C16H17BrN2O2/c1-2-21-16(20)11-7-12(8-11)19-15-13-5-6-18-9-10(13)3-4-14(15)17/h3-6,9,11-12,19H,2,7-8H2,1H3. The zero-order valence-corrected chi connectivity index (χ0v) is 13.4. The Morgan fingerprint density at radius 3 is 3.00 bits per heavy atom. The smallest absolute Gasteiger partial charge is 0.309 e. The lowest BCUT2D eigenvalue weighted by atomic mass is 9.80. The first-order chi connectivity index (χ1) is 10.2. The van der Waals surface area contributed by atoms with Crippen LogP contribution in [0.5, 0.6) is 0 Å². The monoisotopic (exact) mass is 348 g/mol. The Kier molecular flexibility index (Phi) is 4.10. The molecular formula is C16H17BrN2O2. The third-order valence-electron chi connectivity index (χ3n) is 3.88. The SMILES string of the molecule is CCOC(=O)C1CC(Nc2c(Br)ccc3cnccc23)C1. The Labute approximate surface area is 132 Å². The number of benzene rings is 1. The van der Waals surface area contributed by atoms with Crippen molar-refractivity contribution in [2.24, 2.45) is 5.92 Å². The molecule has 0 saturated heterocycles. The molecule has 1 saturated carbocycles. The van der Waals surface area contributed by atoms with Gasteiger partial charge in [0.2, 0.25) is 0 Å². The van der Waals surface area contributed by atoms with Crippen LogP contribution in [-0.2, 0) is 9.53 Å². The van der Waals surface area contributed by atoms with E-state index in [0.29, 0.717) is 12.6 Å². The van der Waals surface area contributed by atoms with Gasteiger partial charge in [-0.3, -0.25) is 9.78 Å². The number of pyridine rings is 1. The molecule has 1 heterocycles. The Hall–Kier alpha value is -1.62. The van der Waals surface area contributed by atoms with Gasteiger partial charge in [-0.15, -0.1) is 0 Å². The molecular weight excluding hydrogens is 332 g/mol. The van der Waals surface area contributed by atoms with Gasteiger partial charge in [-0.2, -0.15) is 0 Å². The number of nitrogens with zero attached hydrogens (tertiary/aromatic N) is 1. The van der Waals surface area contributed by atoms with E-state index in [-0.39, 0.29) is 11.9 Å². The number of hydrogen-bond donors (Lipinski definition) is 1. The van der Waals surface area contributed by atoms with E-state index in [4.69, 9.17) is 4.74 Å². The largest absolute Gasteiger partial charge is 0.466 e. The summed E-state index contributed by atoms with van der Waals surface area (Å²) in [7, 11) is 0. The fourth-order valence-corrected chi connectivity index (χ4v) is 3.14. The Morgan fingerprint density at radius 1 is 1.43 bits per heavy atom. The molecule has 0 spiro atoms. The number of fused-ring (bicyclic) bond motifs is 1. The van der Waals surface area contributed by atoms with Crippen LogP contribution in [0.15, 0.2) is 35.1 Å². The molecule has 0 amide bonds. The molecule has 1 aliphatic carbocycles. The van der Waals surface area contributed by atoms with Crippen LogP contribution in [-0.4, -0.2) is 23.6 Å². The van der Waals surface area contributed by atoms with E-state index in [1.165, 1.54) is 0 Å². The van der Waals surface area contributed by atoms with Gasteiger partial charge in [0.15, 0.2) is 0 Å². The number of aromatic nitrogens is 1. The highest BCUT2D eigenvalue weighted by Gasteiger charge is 2.35. The number of hydrogen-bond acceptors (Lipinski definition) is 4. The maximum Gasteiger partial charge on any atom is 0.309 e. The molecule has 110 valence electrons. The summed E-state index contributed by atoms with van der Waals surface area (Å²) in [5.74, 6) is -0.0328. The van der Waals surface area contributed by atoms with Crippen LogP contribution in [0.1, 0.15) is 19.8 Å². The van der Waals surface area contributed by atoms with Crippen molar-refractivity contribution < 1.29 is 9.53 Å². The first kappa shape index (κ1) is 14.3. The summed E-state index contributed by atoms with van der Waals surface area (Å²) in [4.78, 5) is 15.8. The number of esters is 1. The Balaban J connectivity index is 1.72. The number of carbonyl (C=O) groups is 1. The summed E-state index contributed by atoms with van der Waals surface area (Å²) in [6, 6.07) is 6.38. The van der Waals surface area contributed by atoms with Crippen LogP contribution in [0.3, 0.4) is 0 Å². The van der Waals surface area contributed by atoms with Gasteiger partial charge in [-0.25, -0.2) is 0 Å². The highest BCUT2D eigenvalue weighted by atomic mass is 79.9. The van der Waals surface area contributed by atoms with Crippen molar-refractivity contribution in [3.8, 4) is 0 Å². The Bertz CT molecular complexity index is 668. The minimum Gasteiger partial charge on any atom is -0.466 e. The van der Waals surface area contributed by atoms with Crippen molar-refractivity contribution in [2.75, 3.05) is 11.9 Å². The summed E-state index contributed by atoms with van der Waals surface area (Å²) in [5.41, 5.74) is 1.07. The van der Waals surface area contributed by atoms with Crippen molar-refractivity contribution in [1.82, 2.24) is 4.98 Å². The number of anilines is 1. The van der Waals surface area contributed by atoms with E-state index in [9.17, 15) is 4.79 Å². The summed E-state index contributed by atoms with van der Waals surface area (Å²) >= 11 is 3.59. The van der Waals surface area contributed by atoms with Crippen LogP contribution in [0, 0.1) is 5.92 Å². The molecule has 0 atom stereocenters. The van der Waals surface area contributed by atoms with Crippen LogP contribution in [0.2, 0.25) is 0 Å². The number of rotatable bonds is 4. The highest BCUT2D eigenvalue weighted by Crippen LogP contribution is 2.36. The fourth-order valence-electron chi connectivity index (χ4n) is 2.68. The van der Waals surface area contributed by atoms with Crippen molar-refractivity contribution in [2.45, 2.75) is 25.8 Å². The van der Waals surface area contributed by atoms with E-state index >= 15 is 0 Å². The van der Waals surface area contributed by atoms with Gasteiger partial charge in [0.25, 0.3) is 0 Å². The second-order valence-electron chi connectivity index (χ2n) is 5.28. The van der Waals surface area contributed by atoms with Crippen molar-refractivity contribution in [3.05, 3.63) is 35.1 Å². The zero-order chi connectivity index (χ0) is 14.8. The van der Waals surface area contributed by atoms with Gasteiger partial charge in [0.05, 0.1) is 18.2 Å². The Morgan fingerprint density at radius 2 is 2.24 bits per heavy atom. The van der Waals surface area contributed by atoms with Crippen molar-refractivity contribution in [1.29, 1.82) is 0 Å². The summed E-state index contributed by atoms with van der Waals surface area (Å²) < 4.78 is 6.08. The van der Waals surface area contributed by atoms with Crippen molar-refractivity contribution in [3.63, 3.8) is 0 Å². The van der Waals surface area contributed by atoms with E-state index in [1.807, 2.05) is 31.3 Å². The molecule has 4 nitrogen and oxygen atoms in total. The van der Waals surface area contributed by atoms with Crippen LogP contribution in [0.4, 0.5) is 5.69 Å². The highest BCUT2D eigenvalue weighted by molar-refractivity contribution is 9.10. The second kappa shape index (κ2) is 6.02. The molecule has 21 heavy (non-hydrogen) atoms. The predicted octanol–water partition coefficient (Wildman–Crippen LogP) is 3.75. The van der Waals surface area contributed by atoms with E-state index in [1.54, 1.807) is 6.20 Å².